The zero-order valence-corrected chi connectivity index (χ0v) is 75.5. The number of guanidine groups is 1. The molecule has 25 N–H and O–H groups in total. The molecule has 17 amide bonds. The van der Waals surface area contributed by atoms with Gasteiger partial charge in [0.05, 0.1) is 31.4 Å². The summed E-state index contributed by atoms with van der Waals surface area (Å²) in [5.41, 5.74) is 19.2. The number of carbonyl (C=O) groups is 17. The van der Waals surface area contributed by atoms with Gasteiger partial charge >= 0.3 is 0 Å². The van der Waals surface area contributed by atoms with E-state index in [9.17, 15) is 78.3 Å². The third kappa shape index (κ3) is 29.0. The number of amides is 17. The molecule has 5 aromatic rings. The molecule has 0 saturated carbocycles. The SMILES string of the molecule is CCCC[C@H]1C(=O)N(C)[C@@H](CCCC)C(=O)N[C@@H](CCCNC(=N)N)C(=O)NC(C(=O)NCC(N)=O)CSCC(=O)N[C@@H](Cc2ccc(O)cc2)C(=O)N(C)[C@@H](C)C(=O)N[C@@H](CC(N)=O)C(=O)N2CCC[C@H]2C(=O)N[C@@H](CCO)C(=O)N[C@@H](CCO)C(=O)N2C[C@H](O)C[C@@H]2C(=O)N[C@@H](Cc2c[nH]c3ccccc23)C(=O)N[C@@H](CO)C(=O)N[C@@H](Cc2c[nH]c3ccccc23)C(=O)N1C. The number of nitrogens with two attached hydrogens (primary N) is 3. The van der Waals surface area contributed by atoms with Crippen LogP contribution in [0.3, 0.4) is 0 Å². The first kappa shape index (κ1) is 104. The third-order valence-electron chi connectivity index (χ3n) is 23.5. The first-order chi connectivity index (χ1) is 62.9. The molecule has 3 fully saturated rings. The smallest absolute Gasteiger partial charge is 0.246 e. The average molecular weight is 1860 g/mol. The maximum Gasteiger partial charge on any atom is 0.246 e. The zero-order chi connectivity index (χ0) is 96.7. The number of fused-ring (bicyclic) bond motifs is 4. The van der Waals surface area contributed by atoms with Crippen molar-refractivity contribution in [1.29, 1.82) is 5.41 Å². The number of aromatic hydroxyl groups is 1. The zero-order valence-electron chi connectivity index (χ0n) is 74.7. The molecule has 1 unspecified atom stereocenters. The van der Waals surface area contributed by atoms with Crippen molar-refractivity contribution >= 4 is 140 Å². The average Bonchev–Trinajstić information content (AvgIpc) is 1.27. The number of aromatic amines is 2. The molecule has 3 aliphatic rings. The number of rotatable bonds is 26. The second-order valence-corrected chi connectivity index (χ2v) is 34.1. The lowest BCUT2D eigenvalue weighted by atomic mass is 10.00. The van der Waals surface area contributed by atoms with E-state index in [-0.39, 0.29) is 76.6 Å². The molecule has 3 saturated heterocycles. The van der Waals surface area contributed by atoms with Crippen molar-refractivity contribution in [2.45, 2.75) is 221 Å². The summed E-state index contributed by atoms with van der Waals surface area (Å²) in [4.78, 5) is 259. The summed E-state index contributed by atoms with van der Waals surface area (Å²) < 4.78 is 0. The molecule has 15 atom stereocenters. The molecule has 2 aromatic heterocycles. The van der Waals surface area contributed by atoms with Gasteiger partial charge in [0.2, 0.25) is 100 Å². The molecule has 132 heavy (non-hydrogen) atoms. The summed E-state index contributed by atoms with van der Waals surface area (Å²) >= 11 is 0.748. The molecule has 5 heterocycles. The highest BCUT2D eigenvalue weighted by Crippen LogP contribution is 2.28. The van der Waals surface area contributed by atoms with Gasteiger partial charge in [0.15, 0.2) is 5.96 Å². The minimum atomic E-state index is -1.92. The maximum atomic E-state index is 15.7. The number of nitrogens with one attached hydrogen (secondary N) is 14. The Balaban J connectivity index is 1.19. The van der Waals surface area contributed by atoms with Crippen LogP contribution in [0.25, 0.3) is 21.8 Å². The molecular formula is C87H124N22O22S. The summed E-state index contributed by atoms with van der Waals surface area (Å²) in [6.07, 6.45) is -0.159. The number of hydrogen-bond donors (Lipinski definition) is 22. The van der Waals surface area contributed by atoms with Crippen LogP contribution in [0.2, 0.25) is 0 Å². The summed E-state index contributed by atoms with van der Waals surface area (Å²) in [7, 11) is 3.85. The van der Waals surface area contributed by atoms with Crippen LogP contribution in [-0.2, 0) is 101 Å². The van der Waals surface area contributed by atoms with E-state index in [0.29, 0.717) is 64.2 Å². The summed E-state index contributed by atoms with van der Waals surface area (Å²) in [5, 5.41) is 90.7. The summed E-state index contributed by atoms with van der Waals surface area (Å²) in [6.45, 7) is 0.749. The molecule has 720 valence electrons. The van der Waals surface area contributed by atoms with Gasteiger partial charge in [-0.3, -0.25) is 86.9 Å². The van der Waals surface area contributed by atoms with E-state index in [1.54, 1.807) is 60.9 Å². The van der Waals surface area contributed by atoms with Crippen molar-refractivity contribution in [3.8, 4) is 5.75 Å². The molecule has 0 radical (unpaired) electrons. The Hall–Kier alpha value is -13.0. The Bertz CT molecular complexity index is 4940. The van der Waals surface area contributed by atoms with Gasteiger partial charge in [-0.25, -0.2) is 0 Å². The van der Waals surface area contributed by atoms with Crippen LogP contribution in [0.15, 0.2) is 85.2 Å². The highest BCUT2D eigenvalue weighted by atomic mass is 32.2. The van der Waals surface area contributed by atoms with Crippen molar-refractivity contribution in [2.75, 3.05) is 78.6 Å². The molecule has 8 rings (SSSR count). The fraction of sp³-hybridized carbons (Fsp3) is 0.540. The number of likely N-dealkylation sites (N-methyl/N-ethyl adjacent to an activating group) is 3. The first-order valence-electron chi connectivity index (χ1n) is 43.9. The Morgan fingerprint density at radius 2 is 1.02 bits per heavy atom. The van der Waals surface area contributed by atoms with Crippen LogP contribution in [0, 0.1) is 5.41 Å². The molecule has 0 aliphatic carbocycles. The second-order valence-electron chi connectivity index (χ2n) is 33.1. The quantitative estimate of drug-likeness (QED) is 0.0140. The number of aromatic nitrogens is 2. The minimum absolute atomic E-state index is 0.0216. The number of primary amides is 2. The Morgan fingerprint density at radius 3 is 1.62 bits per heavy atom. The highest BCUT2D eigenvalue weighted by molar-refractivity contribution is 8.00. The van der Waals surface area contributed by atoms with E-state index in [4.69, 9.17) is 22.6 Å². The van der Waals surface area contributed by atoms with Crippen LogP contribution >= 0.6 is 11.8 Å². The molecule has 3 aliphatic heterocycles. The van der Waals surface area contributed by atoms with Gasteiger partial charge in [0.25, 0.3) is 0 Å². The summed E-state index contributed by atoms with van der Waals surface area (Å²) in [6, 6.07) is -3.19. The largest absolute Gasteiger partial charge is 0.508 e. The predicted octanol–water partition coefficient (Wildman–Crippen LogP) is -5.18. The third-order valence-corrected chi connectivity index (χ3v) is 24.5. The van der Waals surface area contributed by atoms with E-state index in [1.807, 2.05) is 13.8 Å². The van der Waals surface area contributed by atoms with E-state index < -0.39 is 267 Å². The van der Waals surface area contributed by atoms with Crippen molar-refractivity contribution < 1.29 is 107 Å². The topological polar surface area (TPSA) is 673 Å². The lowest BCUT2D eigenvalue weighted by Crippen LogP contribution is -2.61. The number of para-hydroxylation sites is 2. The number of H-pyrrole nitrogens is 2. The molecule has 0 spiro atoms. The van der Waals surface area contributed by atoms with Crippen LogP contribution in [0.5, 0.6) is 5.75 Å². The first-order valence-corrected chi connectivity index (χ1v) is 45.1. The fourth-order valence-corrected chi connectivity index (χ4v) is 16.9. The van der Waals surface area contributed by atoms with Gasteiger partial charge < -0.3 is 136 Å². The Kier molecular flexibility index (Phi) is 39.9. The van der Waals surface area contributed by atoms with Crippen LogP contribution in [-0.4, -0.2) is 336 Å². The number of thioether (sulfide) groups is 1. The van der Waals surface area contributed by atoms with E-state index in [1.165, 1.54) is 52.3 Å². The molecule has 0 bridgehead atoms. The van der Waals surface area contributed by atoms with Gasteiger partial charge in [0.1, 0.15) is 90.3 Å². The van der Waals surface area contributed by atoms with Crippen molar-refractivity contribution in [3.63, 3.8) is 0 Å². The van der Waals surface area contributed by atoms with Gasteiger partial charge in [0, 0.05) is 120 Å². The highest BCUT2D eigenvalue weighted by Gasteiger charge is 2.47. The maximum absolute atomic E-state index is 15.7. The molecule has 45 heteroatoms. The molecule has 44 nitrogen and oxygen atoms in total. The van der Waals surface area contributed by atoms with E-state index in [2.05, 4.69) is 68.5 Å². The molecule has 3 aromatic carbocycles. The number of aliphatic hydroxyl groups is 4. The van der Waals surface area contributed by atoms with Gasteiger partial charge in [-0.1, -0.05) is 88.1 Å². The molecular weight excluding hydrogens is 1740 g/mol. The monoisotopic (exact) mass is 1860 g/mol. The van der Waals surface area contributed by atoms with Crippen molar-refractivity contribution in [3.05, 3.63) is 102 Å². The van der Waals surface area contributed by atoms with Crippen molar-refractivity contribution in [1.82, 2.24) is 93.0 Å². The number of carbonyl (C=O) groups excluding carboxylic acids is 17. The van der Waals surface area contributed by atoms with E-state index in [0.717, 1.165) is 36.3 Å². The fourth-order valence-electron chi connectivity index (χ4n) is 16.1. The number of benzene rings is 3. The predicted molar refractivity (Wildman–Crippen MR) is 481 cm³/mol. The number of unbranched alkanes of at least 4 members (excludes halogenated alkanes) is 2. The summed E-state index contributed by atoms with van der Waals surface area (Å²) in [5.74, 6) is -18.5. The normalized spacial score (nSPS) is 25.0. The number of hydrogen-bond acceptors (Lipinski definition) is 24. The van der Waals surface area contributed by atoms with E-state index >= 15 is 28.8 Å². The number of nitrogens with zero attached hydrogens (tertiary/aromatic N) is 5. The number of aliphatic hydroxyl groups excluding tert-OH is 4. The Labute approximate surface area is 765 Å². The second kappa shape index (κ2) is 50.4. The Morgan fingerprint density at radius 1 is 0.508 bits per heavy atom. The lowest BCUT2D eigenvalue weighted by Gasteiger charge is -2.36. The lowest BCUT2D eigenvalue weighted by molar-refractivity contribution is -0.149. The number of phenols is 1. The van der Waals surface area contributed by atoms with Gasteiger partial charge in [-0.05, 0) is 99.2 Å². The van der Waals surface area contributed by atoms with Crippen LogP contribution < -0.4 is 75.7 Å². The minimum Gasteiger partial charge on any atom is -0.508 e. The van der Waals surface area contributed by atoms with Gasteiger partial charge in [-0.15, -0.1) is 11.8 Å². The van der Waals surface area contributed by atoms with Crippen LogP contribution in [0.4, 0.5) is 0 Å². The standard InChI is InChI=1S/C87H124N22O22S/c1-7-9-22-66-79(124)97-57(21-15-31-92-87(90)91)75(120)104-65(74(119)95-42-71(89)116)45-132-46-72(117)96-61(35-48-25-27-51(113)28-26-48)82(127)105(4)47(3)73(118)101-63(39-70(88)115)85(130)108-32-16-24-67(108)80(125)98-58(29-33-110)76(121)99-59(30-34-111)84(129)109-43-52(114)38-69(109)81(126)100-60(36-49-40-93-55-19-13-11-17-53(49)55)77(122)103-64(44-112)78(123)102-62(37-50-41-94-56-20-14-12-18-54(50)56)83(128)107(6)68(23-10-8-2)86(131)106(66)5/h11-14,17-20,25-28,40-41,47,52,57-69,93-94,110-114H,7-10,15-16,21-24,29-39,42-46H2,1-6H3,(H2,88,115)(H2,89,116)(H,95,119)(H,96,117)(H,97,124)(H,98,125)(H,99,121)(H,100,126)(H,101,118)(H,102,123)(H,103,122)(H,104,120)(H4,90,91,92)/t47-,52+,57-,58-,59-,60-,61-,62-,63-,64-,65?,66-,67-,68-,69+/m0/s1. The number of phenolic OH excluding ortho intramolecular Hbond substituents is 1. The van der Waals surface area contributed by atoms with Gasteiger partial charge in [-0.2, -0.15) is 0 Å². The van der Waals surface area contributed by atoms with Crippen LogP contribution in [0.1, 0.15) is 127 Å². The van der Waals surface area contributed by atoms with Crippen molar-refractivity contribution in [2.24, 2.45) is 17.2 Å².